The van der Waals surface area contributed by atoms with Gasteiger partial charge in [0.05, 0.1) is 28.8 Å². The van der Waals surface area contributed by atoms with Crippen molar-refractivity contribution in [2.75, 3.05) is 17.2 Å². The molecule has 7 nitrogen and oxygen atoms in total. The van der Waals surface area contributed by atoms with Gasteiger partial charge >= 0.3 is 0 Å². The van der Waals surface area contributed by atoms with E-state index in [0.717, 1.165) is 22.0 Å². The monoisotopic (exact) mass is 424 g/mol. The van der Waals surface area contributed by atoms with Crippen LogP contribution in [-0.4, -0.2) is 38.4 Å². The molecule has 0 unspecified atom stereocenters. The summed E-state index contributed by atoms with van der Waals surface area (Å²) in [4.78, 5) is 12.0. The van der Waals surface area contributed by atoms with Crippen molar-refractivity contribution in [1.82, 2.24) is 19.8 Å². The van der Waals surface area contributed by atoms with Crippen molar-refractivity contribution in [2.45, 2.75) is 32.9 Å². The topological polar surface area (TPSA) is 87.1 Å². The molecule has 1 aliphatic rings. The van der Waals surface area contributed by atoms with E-state index in [1.807, 2.05) is 26.0 Å². The number of anilines is 2. The number of hydrogen-bond donors (Lipinski definition) is 3. The number of H-pyrrole nitrogens is 1. The van der Waals surface area contributed by atoms with Crippen molar-refractivity contribution in [3.05, 3.63) is 42.0 Å². The molecule has 0 saturated heterocycles. The van der Waals surface area contributed by atoms with Crippen molar-refractivity contribution < 1.29 is 13.6 Å². The maximum Gasteiger partial charge on any atom is 0.231 e. The molecule has 3 N–H and O–H groups in total. The summed E-state index contributed by atoms with van der Waals surface area (Å²) in [5.74, 6) is -0.868. The summed E-state index contributed by atoms with van der Waals surface area (Å²) < 4.78 is 30.1. The lowest BCUT2D eigenvalue weighted by atomic mass is 9.93. The van der Waals surface area contributed by atoms with Gasteiger partial charge in [-0.15, -0.1) is 0 Å². The number of halogens is 2. The summed E-state index contributed by atoms with van der Waals surface area (Å²) in [5.41, 5.74) is 3.98. The average Bonchev–Trinajstić information content (AvgIpc) is 3.13. The van der Waals surface area contributed by atoms with E-state index in [1.54, 1.807) is 23.0 Å². The maximum atomic E-state index is 15.4. The molecule has 5 rings (SSSR count). The molecule has 160 valence electrons. The van der Waals surface area contributed by atoms with Crippen LogP contribution in [0, 0.1) is 11.7 Å². The zero-order valence-electron chi connectivity index (χ0n) is 17.2. The highest BCUT2D eigenvalue weighted by Crippen LogP contribution is 2.39. The van der Waals surface area contributed by atoms with Crippen LogP contribution in [0.15, 0.2) is 30.6 Å². The first kappa shape index (κ1) is 19.5. The Balaban J connectivity index is 1.60. The normalized spacial score (nSPS) is 17.9. The fourth-order valence-corrected chi connectivity index (χ4v) is 4.07. The number of aromatic nitrogens is 4. The van der Waals surface area contributed by atoms with Crippen LogP contribution in [0.1, 0.15) is 25.8 Å². The van der Waals surface area contributed by atoms with E-state index in [0.29, 0.717) is 35.6 Å². The first-order valence-corrected chi connectivity index (χ1v) is 10.4. The lowest BCUT2D eigenvalue weighted by Crippen LogP contribution is -2.15. The Morgan fingerprint density at radius 2 is 2.16 bits per heavy atom. The minimum atomic E-state index is -1.06. The highest BCUT2D eigenvalue weighted by atomic mass is 19.1. The van der Waals surface area contributed by atoms with Crippen LogP contribution in [-0.2, 0) is 11.2 Å². The zero-order chi connectivity index (χ0) is 21.7. The summed E-state index contributed by atoms with van der Waals surface area (Å²) in [6.07, 6.45) is 3.18. The number of carbonyl (C=O) groups is 1. The molecule has 3 heterocycles. The van der Waals surface area contributed by atoms with Crippen molar-refractivity contribution >= 4 is 33.8 Å². The van der Waals surface area contributed by atoms with Gasteiger partial charge < -0.3 is 10.6 Å². The maximum absolute atomic E-state index is 15.4. The van der Waals surface area contributed by atoms with Gasteiger partial charge in [-0.1, -0.05) is 6.92 Å². The molecule has 0 aliphatic heterocycles. The molecule has 9 heteroatoms. The minimum Gasteiger partial charge on any atom is -0.381 e. The fourth-order valence-electron chi connectivity index (χ4n) is 4.07. The van der Waals surface area contributed by atoms with Crippen LogP contribution in [0.3, 0.4) is 0 Å². The van der Waals surface area contributed by atoms with E-state index in [9.17, 15) is 9.18 Å². The smallest absolute Gasteiger partial charge is 0.231 e. The molecular formula is C22H22F2N6O. The van der Waals surface area contributed by atoms with E-state index >= 15 is 4.39 Å². The number of benzene rings is 1. The highest BCUT2D eigenvalue weighted by Gasteiger charge is 2.43. The fraction of sp³-hybridized carbons (Fsp3) is 0.318. The average molecular weight is 424 g/mol. The largest absolute Gasteiger partial charge is 0.381 e. The van der Waals surface area contributed by atoms with E-state index in [-0.39, 0.29) is 18.1 Å². The first-order valence-electron chi connectivity index (χ1n) is 10.4. The van der Waals surface area contributed by atoms with Crippen LogP contribution in [0.5, 0.6) is 0 Å². The highest BCUT2D eigenvalue weighted by molar-refractivity contribution is 6.03. The van der Waals surface area contributed by atoms with Gasteiger partial charge in [-0.05, 0) is 48.6 Å². The molecule has 1 aromatic carbocycles. The third-order valence-electron chi connectivity index (χ3n) is 5.70. The van der Waals surface area contributed by atoms with Crippen molar-refractivity contribution in [2.24, 2.45) is 5.92 Å². The number of pyridine rings is 1. The Hall–Kier alpha value is -3.49. The van der Waals surface area contributed by atoms with Gasteiger partial charge in [0.1, 0.15) is 6.17 Å². The second-order valence-electron chi connectivity index (χ2n) is 7.75. The van der Waals surface area contributed by atoms with E-state index in [1.165, 1.54) is 0 Å². The molecule has 31 heavy (non-hydrogen) atoms. The van der Waals surface area contributed by atoms with Gasteiger partial charge in [0, 0.05) is 24.2 Å². The van der Waals surface area contributed by atoms with Crippen LogP contribution < -0.4 is 10.6 Å². The Labute approximate surface area is 176 Å². The number of fused-ring (bicyclic) bond motifs is 2. The van der Waals surface area contributed by atoms with E-state index < -0.39 is 12.1 Å². The molecule has 0 radical (unpaired) electrons. The third-order valence-corrected chi connectivity index (χ3v) is 5.70. The molecule has 2 atom stereocenters. The SMILES string of the molecule is CCNc1c(F)c(CC)c(-c2ccn3nc(NC(=O)[C@@H]4C[C@@H]4F)cc3c2)c2cn[nH]c12. The van der Waals surface area contributed by atoms with Gasteiger partial charge in [0.25, 0.3) is 0 Å². The lowest BCUT2D eigenvalue weighted by molar-refractivity contribution is -0.117. The number of nitrogens with one attached hydrogen (secondary N) is 3. The summed E-state index contributed by atoms with van der Waals surface area (Å²) >= 11 is 0. The van der Waals surface area contributed by atoms with Crippen molar-refractivity contribution in [1.29, 1.82) is 0 Å². The molecule has 0 bridgehead atoms. The summed E-state index contributed by atoms with van der Waals surface area (Å²) in [7, 11) is 0. The predicted octanol–water partition coefficient (Wildman–Crippen LogP) is 4.31. The third kappa shape index (κ3) is 3.20. The van der Waals surface area contributed by atoms with E-state index in [4.69, 9.17) is 0 Å². The number of carbonyl (C=O) groups excluding carboxylic acids is 1. The molecular weight excluding hydrogens is 402 g/mol. The second-order valence-corrected chi connectivity index (χ2v) is 7.75. The first-order chi connectivity index (χ1) is 15.0. The molecule has 1 saturated carbocycles. The molecule has 0 spiro atoms. The number of alkyl halides is 1. The van der Waals surface area contributed by atoms with Crippen LogP contribution in [0.25, 0.3) is 27.5 Å². The standard InChI is InChI=1S/C22H22F2N6O/c1-3-13-18(15-10-26-28-20(15)21(19(13)24)25-4-2)11-5-6-30-12(7-11)8-17(29-30)27-22(31)14-9-16(14)23/h5-8,10,14,16,25H,3-4,9H2,1-2H3,(H,26,28)(H,27,29,31)/t14-,16+/m1/s1. The second kappa shape index (κ2) is 7.33. The van der Waals surface area contributed by atoms with E-state index in [2.05, 4.69) is 25.9 Å². The Morgan fingerprint density at radius 3 is 2.87 bits per heavy atom. The number of hydrogen-bond acceptors (Lipinski definition) is 4. The molecule has 3 aromatic heterocycles. The van der Waals surface area contributed by atoms with Crippen LogP contribution in [0.2, 0.25) is 0 Å². The predicted molar refractivity (Wildman–Crippen MR) is 115 cm³/mol. The molecule has 1 amide bonds. The van der Waals surface area contributed by atoms with Crippen molar-refractivity contribution in [3.8, 4) is 11.1 Å². The number of amides is 1. The van der Waals surface area contributed by atoms with Gasteiger partial charge in [0.15, 0.2) is 11.6 Å². The Bertz CT molecular complexity index is 1310. The molecule has 4 aromatic rings. The van der Waals surface area contributed by atoms with Crippen LogP contribution in [0.4, 0.5) is 20.3 Å². The Kier molecular flexibility index (Phi) is 4.60. The lowest BCUT2D eigenvalue weighted by Gasteiger charge is -2.16. The van der Waals surface area contributed by atoms with Gasteiger partial charge in [-0.2, -0.15) is 10.2 Å². The summed E-state index contributed by atoms with van der Waals surface area (Å²) in [6.45, 7) is 4.43. The van der Waals surface area contributed by atoms with Crippen LogP contribution >= 0.6 is 0 Å². The Morgan fingerprint density at radius 1 is 1.35 bits per heavy atom. The van der Waals surface area contributed by atoms with Crippen molar-refractivity contribution in [3.63, 3.8) is 0 Å². The minimum absolute atomic E-state index is 0.262. The zero-order valence-corrected chi connectivity index (χ0v) is 17.2. The summed E-state index contributed by atoms with van der Waals surface area (Å²) in [5, 5.41) is 18.0. The molecule has 1 fully saturated rings. The quantitative estimate of drug-likeness (QED) is 0.431. The van der Waals surface area contributed by atoms with Gasteiger partial charge in [0.2, 0.25) is 5.91 Å². The van der Waals surface area contributed by atoms with Gasteiger partial charge in [-0.25, -0.2) is 13.3 Å². The number of nitrogens with zero attached hydrogens (tertiary/aromatic N) is 3. The summed E-state index contributed by atoms with van der Waals surface area (Å²) in [6, 6.07) is 5.47. The number of aromatic amines is 1. The number of rotatable bonds is 6. The molecule has 1 aliphatic carbocycles. The van der Waals surface area contributed by atoms with Gasteiger partial charge in [-0.3, -0.25) is 9.89 Å².